The summed E-state index contributed by atoms with van der Waals surface area (Å²) >= 11 is 5.62. The summed E-state index contributed by atoms with van der Waals surface area (Å²) in [7, 11) is 0. The van der Waals surface area contributed by atoms with E-state index in [1.807, 2.05) is 0 Å². The fourth-order valence-corrected chi connectivity index (χ4v) is 3.02. The first-order valence-corrected chi connectivity index (χ1v) is 7.03. The standard InChI is InChI=1S/C12H23ClN2O/c13-9-12(16)10-14-5-7-15(8-6-14)11-3-1-2-4-11/h11-12,16H,1-10H2. The lowest BCUT2D eigenvalue weighted by Crippen LogP contribution is -2.51. The molecule has 0 radical (unpaired) electrons. The molecule has 1 saturated heterocycles. The largest absolute Gasteiger partial charge is 0.391 e. The first-order valence-electron chi connectivity index (χ1n) is 6.50. The molecule has 0 bridgehead atoms. The van der Waals surface area contributed by atoms with Crippen LogP contribution < -0.4 is 0 Å². The molecule has 2 fully saturated rings. The summed E-state index contributed by atoms with van der Waals surface area (Å²) in [6.07, 6.45) is 5.25. The molecule has 94 valence electrons. The van der Waals surface area contributed by atoms with Gasteiger partial charge in [-0.3, -0.25) is 9.80 Å². The number of nitrogens with zero attached hydrogens (tertiary/aromatic N) is 2. The number of hydrogen-bond donors (Lipinski definition) is 1. The Morgan fingerprint density at radius 3 is 2.31 bits per heavy atom. The van der Waals surface area contributed by atoms with Crippen LogP contribution in [0.1, 0.15) is 25.7 Å². The number of β-amino-alcohol motifs (C(OH)–C–C–N with tert-alkyl or cyclic N) is 1. The maximum absolute atomic E-state index is 9.50. The zero-order valence-electron chi connectivity index (χ0n) is 9.95. The van der Waals surface area contributed by atoms with Gasteiger partial charge in [-0.15, -0.1) is 11.6 Å². The lowest BCUT2D eigenvalue weighted by atomic mass is 10.2. The van der Waals surface area contributed by atoms with Gasteiger partial charge >= 0.3 is 0 Å². The number of alkyl halides is 1. The molecule has 1 saturated carbocycles. The Morgan fingerprint density at radius 1 is 1.12 bits per heavy atom. The van der Waals surface area contributed by atoms with Crippen LogP contribution in [0.3, 0.4) is 0 Å². The van der Waals surface area contributed by atoms with Gasteiger partial charge in [0.05, 0.1) is 6.10 Å². The van der Waals surface area contributed by atoms with Gasteiger partial charge in [-0.05, 0) is 12.8 Å². The summed E-state index contributed by atoms with van der Waals surface area (Å²) in [5, 5.41) is 9.50. The molecule has 3 nitrogen and oxygen atoms in total. The second-order valence-corrected chi connectivity index (χ2v) is 5.39. The molecule has 2 rings (SSSR count). The summed E-state index contributed by atoms with van der Waals surface area (Å²) in [6.45, 7) is 5.25. The summed E-state index contributed by atoms with van der Waals surface area (Å²) < 4.78 is 0. The molecular weight excluding hydrogens is 224 g/mol. The monoisotopic (exact) mass is 246 g/mol. The fraction of sp³-hybridized carbons (Fsp3) is 1.00. The van der Waals surface area contributed by atoms with E-state index >= 15 is 0 Å². The molecule has 2 aliphatic rings. The summed E-state index contributed by atoms with van der Waals surface area (Å²) in [5.41, 5.74) is 0. The second-order valence-electron chi connectivity index (χ2n) is 5.08. The maximum Gasteiger partial charge on any atom is 0.0802 e. The highest BCUT2D eigenvalue weighted by Gasteiger charge is 2.26. The Kier molecular flexibility index (Phi) is 4.89. The van der Waals surface area contributed by atoms with E-state index in [0.717, 1.165) is 25.7 Å². The highest BCUT2D eigenvalue weighted by atomic mass is 35.5. The number of hydrogen-bond acceptors (Lipinski definition) is 3. The van der Waals surface area contributed by atoms with Crippen LogP contribution in [-0.2, 0) is 0 Å². The van der Waals surface area contributed by atoms with Crippen molar-refractivity contribution in [2.45, 2.75) is 37.8 Å². The molecule has 1 aliphatic heterocycles. The van der Waals surface area contributed by atoms with Crippen LogP contribution in [0.15, 0.2) is 0 Å². The lowest BCUT2D eigenvalue weighted by molar-refractivity contribution is 0.0643. The second kappa shape index (κ2) is 6.20. The molecule has 0 spiro atoms. The van der Waals surface area contributed by atoms with Gasteiger partial charge < -0.3 is 5.11 Å². The SMILES string of the molecule is OC(CCl)CN1CCN(C2CCCC2)CC1. The molecule has 1 atom stereocenters. The predicted molar refractivity (Wildman–Crippen MR) is 67.0 cm³/mol. The topological polar surface area (TPSA) is 26.7 Å². The Balaban J connectivity index is 1.69. The molecule has 0 aromatic carbocycles. The Bertz CT molecular complexity index is 201. The normalized spacial score (nSPS) is 27.4. The van der Waals surface area contributed by atoms with Crippen LogP contribution in [-0.4, -0.2) is 65.7 Å². The smallest absolute Gasteiger partial charge is 0.0802 e. The first kappa shape index (κ1) is 12.6. The molecule has 1 heterocycles. The number of rotatable bonds is 4. The van der Waals surface area contributed by atoms with E-state index in [1.54, 1.807) is 0 Å². The van der Waals surface area contributed by atoms with E-state index in [2.05, 4.69) is 9.80 Å². The van der Waals surface area contributed by atoms with Gasteiger partial charge in [0.1, 0.15) is 0 Å². The summed E-state index contributed by atoms with van der Waals surface area (Å²) in [5.74, 6) is 0.350. The minimum absolute atomic E-state index is 0.350. The third-order valence-electron chi connectivity index (χ3n) is 3.90. The van der Waals surface area contributed by atoms with Crippen molar-refractivity contribution in [3.63, 3.8) is 0 Å². The third kappa shape index (κ3) is 3.33. The lowest BCUT2D eigenvalue weighted by Gasteiger charge is -2.38. The molecule has 1 N–H and O–H groups in total. The van der Waals surface area contributed by atoms with Crippen molar-refractivity contribution in [2.75, 3.05) is 38.6 Å². The molecule has 1 unspecified atom stereocenters. The Labute approximate surface area is 103 Å². The van der Waals surface area contributed by atoms with Crippen molar-refractivity contribution in [2.24, 2.45) is 0 Å². The molecule has 0 aromatic rings. The zero-order valence-corrected chi connectivity index (χ0v) is 10.7. The predicted octanol–water partition coefficient (Wildman–Crippen LogP) is 1.15. The van der Waals surface area contributed by atoms with Crippen LogP contribution in [0.5, 0.6) is 0 Å². The molecule has 16 heavy (non-hydrogen) atoms. The Hall–Kier alpha value is 0.170. The van der Waals surface area contributed by atoms with Gasteiger partial charge in [0.15, 0.2) is 0 Å². The quantitative estimate of drug-likeness (QED) is 0.754. The van der Waals surface area contributed by atoms with Gasteiger partial charge in [-0.25, -0.2) is 0 Å². The van der Waals surface area contributed by atoms with Crippen LogP contribution >= 0.6 is 11.6 Å². The van der Waals surface area contributed by atoms with Crippen molar-refractivity contribution in [1.29, 1.82) is 0 Å². The molecule has 0 amide bonds. The highest BCUT2D eigenvalue weighted by Crippen LogP contribution is 2.24. The highest BCUT2D eigenvalue weighted by molar-refractivity contribution is 6.18. The van der Waals surface area contributed by atoms with Crippen LogP contribution in [0.4, 0.5) is 0 Å². The first-order chi connectivity index (χ1) is 7.79. The number of aliphatic hydroxyl groups is 1. The average Bonchev–Trinajstić information content (AvgIpc) is 2.83. The molecular formula is C12H23ClN2O. The van der Waals surface area contributed by atoms with E-state index in [1.165, 1.54) is 38.8 Å². The molecule has 0 aromatic heterocycles. The van der Waals surface area contributed by atoms with Gasteiger partial charge in [-0.1, -0.05) is 12.8 Å². The van der Waals surface area contributed by atoms with Gasteiger partial charge in [0, 0.05) is 44.6 Å². The number of piperazine rings is 1. The molecule has 1 aliphatic carbocycles. The number of halogens is 1. The summed E-state index contributed by atoms with van der Waals surface area (Å²) in [4.78, 5) is 4.97. The minimum atomic E-state index is -0.361. The van der Waals surface area contributed by atoms with Crippen molar-refractivity contribution in [1.82, 2.24) is 9.80 Å². The van der Waals surface area contributed by atoms with Gasteiger partial charge in [-0.2, -0.15) is 0 Å². The minimum Gasteiger partial charge on any atom is -0.391 e. The zero-order chi connectivity index (χ0) is 11.4. The van der Waals surface area contributed by atoms with E-state index in [9.17, 15) is 5.11 Å². The molecule has 4 heteroatoms. The van der Waals surface area contributed by atoms with Crippen LogP contribution in [0, 0.1) is 0 Å². The van der Waals surface area contributed by atoms with Crippen molar-refractivity contribution >= 4 is 11.6 Å². The summed E-state index contributed by atoms with van der Waals surface area (Å²) in [6, 6.07) is 0.847. The van der Waals surface area contributed by atoms with Crippen molar-refractivity contribution in [3.8, 4) is 0 Å². The van der Waals surface area contributed by atoms with E-state index in [-0.39, 0.29) is 6.10 Å². The third-order valence-corrected chi connectivity index (χ3v) is 4.25. The van der Waals surface area contributed by atoms with Gasteiger partial charge in [0.2, 0.25) is 0 Å². The van der Waals surface area contributed by atoms with Crippen LogP contribution in [0.25, 0.3) is 0 Å². The van der Waals surface area contributed by atoms with E-state index < -0.39 is 0 Å². The fourth-order valence-electron chi connectivity index (χ4n) is 2.93. The number of aliphatic hydroxyl groups excluding tert-OH is 1. The Morgan fingerprint density at radius 2 is 1.75 bits per heavy atom. The van der Waals surface area contributed by atoms with Crippen molar-refractivity contribution in [3.05, 3.63) is 0 Å². The maximum atomic E-state index is 9.50. The van der Waals surface area contributed by atoms with E-state index in [0.29, 0.717) is 5.88 Å². The van der Waals surface area contributed by atoms with Crippen molar-refractivity contribution < 1.29 is 5.11 Å². The van der Waals surface area contributed by atoms with Crippen LogP contribution in [0.2, 0.25) is 0 Å². The average molecular weight is 247 g/mol. The van der Waals surface area contributed by atoms with Gasteiger partial charge in [0.25, 0.3) is 0 Å². The van der Waals surface area contributed by atoms with E-state index in [4.69, 9.17) is 11.6 Å².